The summed E-state index contributed by atoms with van der Waals surface area (Å²) in [6.07, 6.45) is 4.87. The van der Waals surface area contributed by atoms with Gasteiger partial charge in [-0.3, -0.25) is 10.6 Å². The molecule has 0 fully saturated rings. The fourth-order valence-corrected chi connectivity index (χ4v) is 1.31. The summed E-state index contributed by atoms with van der Waals surface area (Å²) >= 11 is 0. The van der Waals surface area contributed by atoms with Gasteiger partial charge in [-0.05, 0) is 27.6 Å². The Hall–Kier alpha value is -0.120. The summed E-state index contributed by atoms with van der Waals surface area (Å²) in [5.41, 5.74) is 0. The first-order chi connectivity index (χ1) is 5.79. The van der Waals surface area contributed by atoms with Gasteiger partial charge in [-0.15, -0.1) is 0 Å². The van der Waals surface area contributed by atoms with Crippen molar-refractivity contribution in [3.63, 3.8) is 0 Å². The smallest absolute Gasteiger partial charge is 0.118 e. The molecule has 12 heavy (non-hydrogen) atoms. The minimum Gasteiger partial charge on any atom is -0.314 e. The molecule has 0 amide bonds. The lowest BCUT2D eigenvalue weighted by Gasteiger charge is -2.24. The summed E-state index contributed by atoms with van der Waals surface area (Å²) in [5, 5.41) is 9.59. The van der Waals surface area contributed by atoms with Gasteiger partial charge in [0.05, 0.1) is 0 Å². The number of rotatable bonds is 7. The Kier molecular flexibility index (Phi) is 7.45. The largest absolute Gasteiger partial charge is 0.314 e. The van der Waals surface area contributed by atoms with E-state index in [2.05, 4.69) is 22.9 Å². The lowest BCUT2D eigenvalue weighted by Crippen LogP contribution is -2.45. The fourth-order valence-electron chi connectivity index (χ4n) is 1.31. The van der Waals surface area contributed by atoms with E-state index in [1.54, 1.807) is 0 Å². The van der Waals surface area contributed by atoms with Crippen LogP contribution in [0.5, 0.6) is 0 Å². The molecule has 73 valence electrons. The zero-order valence-electron chi connectivity index (χ0n) is 8.70. The first kappa shape index (κ1) is 11.9. The van der Waals surface area contributed by atoms with Crippen LogP contribution in [0.25, 0.3) is 0 Å². The maximum atomic E-state index is 3.28. The molecule has 0 aliphatic carbocycles. The number of hydrogen-bond acceptors (Lipinski definition) is 3. The third kappa shape index (κ3) is 4.04. The summed E-state index contributed by atoms with van der Waals surface area (Å²) in [7, 11) is 5.89. The third-order valence-electron chi connectivity index (χ3n) is 2.08. The number of hydrogen-bond donors (Lipinski definition) is 3. The van der Waals surface area contributed by atoms with Crippen LogP contribution in [0.2, 0.25) is 0 Å². The van der Waals surface area contributed by atoms with Crippen LogP contribution in [0, 0.1) is 6.17 Å². The maximum absolute atomic E-state index is 3.28. The molecule has 1 radical (unpaired) electrons. The van der Waals surface area contributed by atoms with Crippen molar-refractivity contribution in [2.24, 2.45) is 0 Å². The van der Waals surface area contributed by atoms with Crippen molar-refractivity contribution in [2.75, 3.05) is 21.1 Å². The standard InChI is InChI=1S/C9H22N3/c1-5-6-7-8(10-2)9(11-3)12-4/h8,10-12H,5-7H2,1-4H3. The topological polar surface area (TPSA) is 36.1 Å². The quantitative estimate of drug-likeness (QED) is 0.529. The van der Waals surface area contributed by atoms with Crippen molar-refractivity contribution in [1.29, 1.82) is 0 Å². The first-order valence-electron chi connectivity index (χ1n) is 4.69. The van der Waals surface area contributed by atoms with E-state index in [1.165, 1.54) is 25.4 Å². The fraction of sp³-hybridized carbons (Fsp3) is 0.889. The molecule has 0 aromatic carbocycles. The molecule has 3 N–H and O–H groups in total. The first-order valence-corrected chi connectivity index (χ1v) is 4.69. The highest BCUT2D eigenvalue weighted by molar-refractivity contribution is 4.93. The van der Waals surface area contributed by atoms with Crippen molar-refractivity contribution >= 4 is 0 Å². The van der Waals surface area contributed by atoms with E-state index in [9.17, 15) is 0 Å². The number of unbranched alkanes of at least 4 members (excludes halogenated alkanes) is 1. The van der Waals surface area contributed by atoms with E-state index < -0.39 is 0 Å². The molecule has 0 spiro atoms. The van der Waals surface area contributed by atoms with Gasteiger partial charge in [-0.1, -0.05) is 19.8 Å². The molecule has 0 heterocycles. The number of nitrogens with one attached hydrogen (secondary N) is 3. The zero-order chi connectivity index (χ0) is 9.40. The second-order valence-electron chi connectivity index (χ2n) is 2.90. The molecule has 1 atom stereocenters. The van der Waals surface area contributed by atoms with Gasteiger partial charge in [0.1, 0.15) is 6.17 Å². The Morgan fingerprint density at radius 3 is 2.08 bits per heavy atom. The van der Waals surface area contributed by atoms with Crippen LogP contribution >= 0.6 is 0 Å². The van der Waals surface area contributed by atoms with Crippen molar-refractivity contribution in [3.8, 4) is 0 Å². The Labute approximate surface area is 76.3 Å². The Bertz CT molecular complexity index is 91.8. The molecule has 0 aliphatic heterocycles. The highest BCUT2D eigenvalue weighted by Gasteiger charge is 2.16. The van der Waals surface area contributed by atoms with Crippen LogP contribution in [0.4, 0.5) is 0 Å². The van der Waals surface area contributed by atoms with E-state index in [-0.39, 0.29) is 0 Å². The average Bonchev–Trinajstić information content (AvgIpc) is 2.12. The minimum absolute atomic E-state index is 0.444. The maximum Gasteiger partial charge on any atom is 0.118 e. The van der Waals surface area contributed by atoms with Crippen molar-refractivity contribution in [3.05, 3.63) is 6.17 Å². The zero-order valence-corrected chi connectivity index (χ0v) is 8.70. The van der Waals surface area contributed by atoms with Gasteiger partial charge in [-0.2, -0.15) is 0 Å². The third-order valence-corrected chi connectivity index (χ3v) is 2.08. The lowest BCUT2D eigenvalue weighted by atomic mass is 10.1. The van der Waals surface area contributed by atoms with E-state index in [0.29, 0.717) is 6.04 Å². The monoisotopic (exact) mass is 172 g/mol. The highest BCUT2D eigenvalue weighted by Crippen LogP contribution is 2.06. The van der Waals surface area contributed by atoms with Crippen LogP contribution in [0.15, 0.2) is 0 Å². The van der Waals surface area contributed by atoms with E-state index in [0.717, 1.165) is 0 Å². The number of likely N-dealkylation sites (N-methyl/N-ethyl adjacent to an activating group) is 3. The summed E-state index contributed by atoms with van der Waals surface area (Å²) in [4.78, 5) is 0. The Morgan fingerprint density at radius 2 is 1.75 bits per heavy atom. The molecule has 0 aliphatic rings. The predicted molar refractivity (Wildman–Crippen MR) is 53.7 cm³/mol. The summed E-state index contributed by atoms with van der Waals surface area (Å²) in [6.45, 7) is 2.21. The van der Waals surface area contributed by atoms with Crippen LogP contribution in [0.3, 0.4) is 0 Å². The molecular weight excluding hydrogens is 150 g/mol. The van der Waals surface area contributed by atoms with Gasteiger partial charge in [0.15, 0.2) is 0 Å². The average molecular weight is 172 g/mol. The molecule has 3 nitrogen and oxygen atoms in total. The molecule has 0 aromatic rings. The molecule has 3 heteroatoms. The van der Waals surface area contributed by atoms with Gasteiger partial charge in [0, 0.05) is 6.04 Å². The van der Waals surface area contributed by atoms with Crippen LogP contribution in [-0.2, 0) is 0 Å². The van der Waals surface area contributed by atoms with Gasteiger partial charge >= 0.3 is 0 Å². The predicted octanol–water partition coefficient (Wildman–Crippen LogP) is 0.693. The molecule has 0 bridgehead atoms. The van der Waals surface area contributed by atoms with Crippen LogP contribution in [-0.4, -0.2) is 27.2 Å². The van der Waals surface area contributed by atoms with Gasteiger partial charge in [0.25, 0.3) is 0 Å². The second kappa shape index (κ2) is 7.53. The van der Waals surface area contributed by atoms with Crippen LogP contribution in [0.1, 0.15) is 26.2 Å². The van der Waals surface area contributed by atoms with Gasteiger partial charge in [-0.25, -0.2) is 0 Å². The normalized spacial score (nSPS) is 13.8. The summed E-state index contributed by atoms with van der Waals surface area (Å²) < 4.78 is 0. The molecular formula is C9H22N3. The van der Waals surface area contributed by atoms with Gasteiger partial charge in [0.2, 0.25) is 0 Å². The molecule has 0 rings (SSSR count). The van der Waals surface area contributed by atoms with Crippen molar-refractivity contribution in [1.82, 2.24) is 16.0 Å². The van der Waals surface area contributed by atoms with Gasteiger partial charge < -0.3 is 5.32 Å². The Morgan fingerprint density at radius 1 is 1.17 bits per heavy atom. The van der Waals surface area contributed by atoms with Crippen LogP contribution < -0.4 is 16.0 Å². The van der Waals surface area contributed by atoms with Crippen molar-refractivity contribution < 1.29 is 0 Å². The highest BCUT2D eigenvalue weighted by atomic mass is 15.1. The van der Waals surface area contributed by atoms with Crippen molar-refractivity contribution in [2.45, 2.75) is 32.2 Å². The summed E-state index contributed by atoms with van der Waals surface area (Å²) in [5.74, 6) is 0. The molecule has 0 saturated heterocycles. The minimum atomic E-state index is 0.444. The molecule has 1 unspecified atom stereocenters. The second-order valence-corrected chi connectivity index (χ2v) is 2.90. The van der Waals surface area contributed by atoms with E-state index >= 15 is 0 Å². The van der Waals surface area contributed by atoms with E-state index in [4.69, 9.17) is 0 Å². The Balaban J connectivity index is 3.75. The molecule has 0 aromatic heterocycles. The summed E-state index contributed by atoms with van der Waals surface area (Å²) in [6, 6.07) is 0.444. The molecule has 0 saturated carbocycles. The van der Waals surface area contributed by atoms with E-state index in [1.807, 2.05) is 21.1 Å². The lowest BCUT2D eigenvalue weighted by molar-refractivity contribution is 0.441. The SMILES string of the molecule is CCCCC(NC)[C](NC)NC.